The second-order valence-corrected chi connectivity index (χ2v) is 6.73. The van der Waals surface area contributed by atoms with Gasteiger partial charge in [0.25, 0.3) is 0 Å². The summed E-state index contributed by atoms with van der Waals surface area (Å²) in [6.45, 7) is 7.45. The number of rotatable bonds is 3. The molecule has 0 bridgehead atoms. The molecule has 0 amide bonds. The highest BCUT2D eigenvalue weighted by molar-refractivity contribution is 5.73. The zero-order valence-corrected chi connectivity index (χ0v) is 13.7. The van der Waals surface area contributed by atoms with Gasteiger partial charge in [-0.3, -0.25) is 5.10 Å². The molecule has 1 fully saturated rings. The lowest BCUT2D eigenvalue weighted by Gasteiger charge is -2.31. The molecule has 7 heteroatoms. The number of nitrogens with one attached hydrogen (secondary N) is 2. The number of hydrogen-bond acceptors (Lipinski definition) is 5. The zero-order chi connectivity index (χ0) is 16.0. The molecule has 4 rings (SSSR count). The van der Waals surface area contributed by atoms with Crippen LogP contribution < -0.4 is 10.2 Å². The highest BCUT2D eigenvalue weighted by Gasteiger charge is 2.34. The maximum Gasteiger partial charge on any atom is 0.246 e. The quantitative estimate of drug-likeness (QED) is 0.778. The van der Waals surface area contributed by atoms with Crippen LogP contribution in [0.1, 0.15) is 32.4 Å². The fraction of sp³-hybridized carbons (Fsp3) is 0.438. The largest absolute Gasteiger partial charge is 0.334 e. The summed E-state index contributed by atoms with van der Waals surface area (Å²) in [7, 11) is 0. The van der Waals surface area contributed by atoms with Gasteiger partial charge in [0.2, 0.25) is 5.95 Å². The molecule has 3 aromatic rings. The van der Waals surface area contributed by atoms with Crippen molar-refractivity contribution in [1.82, 2.24) is 24.8 Å². The Balaban J connectivity index is 1.78. The third-order valence-electron chi connectivity index (χ3n) is 4.47. The summed E-state index contributed by atoms with van der Waals surface area (Å²) in [4.78, 5) is 7.07. The van der Waals surface area contributed by atoms with Gasteiger partial charge in [-0.15, -0.1) is 5.10 Å². The first-order chi connectivity index (χ1) is 11.0. The topological polar surface area (TPSA) is 74.1 Å². The molecule has 1 aliphatic rings. The van der Waals surface area contributed by atoms with Crippen LogP contribution in [-0.2, 0) is 0 Å². The summed E-state index contributed by atoms with van der Waals surface area (Å²) in [5.74, 6) is 2.29. The molecule has 0 radical (unpaired) electrons. The molecule has 7 nitrogen and oxygen atoms in total. The molecule has 0 spiro atoms. The fourth-order valence-corrected chi connectivity index (χ4v) is 3.21. The van der Waals surface area contributed by atoms with Gasteiger partial charge < -0.3 is 10.2 Å². The number of H-pyrrole nitrogens is 1. The van der Waals surface area contributed by atoms with E-state index in [4.69, 9.17) is 4.98 Å². The first-order valence-corrected chi connectivity index (χ1v) is 7.95. The lowest BCUT2D eigenvalue weighted by Crippen LogP contribution is -2.39. The highest BCUT2D eigenvalue weighted by atomic mass is 15.4. The summed E-state index contributed by atoms with van der Waals surface area (Å²) in [6, 6.07) is 5.94. The van der Waals surface area contributed by atoms with Crippen molar-refractivity contribution in [3.8, 4) is 0 Å². The molecule has 0 saturated carbocycles. The van der Waals surface area contributed by atoms with Gasteiger partial charge in [-0.2, -0.15) is 10.1 Å². The Hall–Kier alpha value is -2.57. The summed E-state index contributed by atoms with van der Waals surface area (Å²) >= 11 is 0. The first kappa shape index (κ1) is 14.0. The molecule has 3 aromatic heterocycles. The Bertz CT molecular complexity index is 845. The molecule has 120 valence electrons. The van der Waals surface area contributed by atoms with Crippen LogP contribution in [0.15, 0.2) is 24.4 Å². The van der Waals surface area contributed by atoms with Gasteiger partial charge in [0.1, 0.15) is 5.52 Å². The van der Waals surface area contributed by atoms with Crippen LogP contribution in [0.4, 0.5) is 17.6 Å². The van der Waals surface area contributed by atoms with E-state index in [1.54, 1.807) is 0 Å². The smallest absolute Gasteiger partial charge is 0.246 e. The normalized spacial score (nSPS) is 17.1. The molecule has 0 aromatic carbocycles. The molecule has 0 unspecified atom stereocenters. The van der Waals surface area contributed by atoms with Crippen molar-refractivity contribution in [3.05, 3.63) is 30.1 Å². The van der Waals surface area contributed by atoms with Crippen LogP contribution >= 0.6 is 0 Å². The minimum atomic E-state index is 0.0843. The summed E-state index contributed by atoms with van der Waals surface area (Å²) < 4.78 is 1.87. The van der Waals surface area contributed by atoms with E-state index < -0.39 is 0 Å². The first-order valence-electron chi connectivity index (χ1n) is 7.95. The van der Waals surface area contributed by atoms with Crippen molar-refractivity contribution >= 4 is 23.1 Å². The van der Waals surface area contributed by atoms with Gasteiger partial charge >= 0.3 is 0 Å². The number of nitrogens with zero attached hydrogens (tertiary/aromatic N) is 5. The van der Waals surface area contributed by atoms with Crippen LogP contribution in [0.3, 0.4) is 0 Å². The van der Waals surface area contributed by atoms with Crippen molar-refractivity contribution in [1.29, 1.82) is 0 Å². The molecule has 0 atom stereocenters. The Kier molecular flexibility index (Phi) is 3.04. The zero-order valence-electron chi connectivity index (χ0n) is 13.7. The van der Waals surface area contributed by atoms with E-state index in [-0.39, 0.29) is 5.54 Å². The molecule has 2 N–H and O–H groups in total. The monoisotopic (exact) mass is 311 g/mol. The van der Waals surface area contributed by atoms with E-state index in [1.807, 2.05) is 35.8 Å². The van der Waals surface area contributed by atoms with Gasteiger partial charge in [-0.25, -0.2) is 4.52 Å². The third kappa shape index (κ3) is 2.42. The Morgan fingerprint density at radius 2 is 2.22 bits per heavy atom. The second-order valence-electron chi connectivity index (χ2n) is 6.73. The third-order valence-corrected chi connectivity index (χ3v) is 4.47. The van der Waals surface area contributed by atoms with Crippen molar-refractivity contribution in [2.24, 2.45) is 0 Å². The Morgan fingerprint density at radius 3 is 2.91 bits per heavy atom. The second kappa shape index (κ2) is 4.97. The molecule has 4 heterocycles. The fourth-order valence-electron chi connectivity index (χ4n) is 3.21. The van der Waals surface area contributed by atoms with Gasteiger partial charge in [-0.1, -0.05) is 0 Å². The van der Waals surface area contributed by atoms with Crippen molar-refractivity contribution in [2.75, 3.05) is 16.8 Å². The number of fused-ring (bicyclic) bond motifs is 1. The van der Waals surface area contributed by atoms with Gasteiger partial charge in [0, 0.05) is 30.0 Å². The van der Waals surface area contributed by atoms with Gasteiger partial charge in [0.15, 0.2) is 11.6 Å². The van der Waals surface area contributed by atoms with Crippen LogP contribution in [0.25, 0.3) is 5.52 Å². The van der Waals surface area contributed by atoms with E-state index in [2.05, 4.69) is 39.4 Å². The number of aromatic amines is 1. The predicted octanol–water partition coefficient (Wildman–Crippen LogP) is 2.88. The predicted molar refractivity (Wildman–Crippen MR) is 90.3 cm³/mol. The molecule has 1 aliphatic heterocycles. The van der Waals surface area contributed by atoms with Crippen LogP contribution in [-0.4, -0.2) is 36.9 Å². The maximum absolute atomic E-state index is 4.78. The lowest BCUT2D eigenvalue weighted by molar-refractivity contribution is 0.507. The Morgan fingerprint density at radius 1 is 1.35 bits per heavy atom. The molecule has 1 saturated heterocycles. The van der Waals surface area contributed by atoms with Crippen molar-refractivity contribution in [3.63, 3.8) is 0 Å². The van der Waals surface area contributed by atoms with Crippen molar-refractivity contribution < 1.29 is 0 Å². The van der Waals surface area contributed by atoms with E-state index in [0.717, 1.165) is 41.8 Å². The number of aromatic nitrogens is 5. The van der Waals surface area contributed by atoms with Crippen LogP contribution in [0, 0.1) is 6.92 Å². The maximum atomic E-state index is 4.78. The summed E-state index contributed by atoms with van der Waals surface area (Å²) in [5.41, 5.74) is 2.03. The van der Waals surface area contributed by atoms with E-state index in [0.29, 0.717) is 0 Å². The average molecular weight is 311 g/mol. The van der Waals surface area contributed by atoms with E-state index in [1.165, 1.54) is 6.42 Å². The van der Waals surface area contributed by atoms with Crippen LogP contribution in [0.2, 0.25) is 0 Å². The Labute approximate surface area is 134 Å². The van der Waals surface area contributed by atoms with E-state index in [9.17, 15) is 0 Å². The number of anilines is 3. The lowest BCUT2D eigenvalue weighted by atomic mass is 10.0. The summed E-state index contributed by atoms with van der Waals surface area (Å²) in [5, 5.41) is 15.2. The van der Waals surface area contributed by atoms with Gasteiger partial charge in [0.05, 0.1) is 0 Å². The van der Waals surface area contributed by atoms with E-state index >= 15 is 0 Å². The summed E-state index contributed by atoms with van der Waals surface area (Å²) in [6.07, 6.45) is 4.27. The molecular formula is C16H21N7. The minimum Gasteiger partial charge on any atom is -0.334 e. The van der Waals surface area contributed by atoms with Crippen molar-refractivity contribution in [2.45, 2.75) is 39.2 Å². The number of aryl methyl sites for hydroxylation is 1. The highest BCUT2D eigenvalue weighted by Crippen LogP contribution is 2.32. The standard InChI is InChI=1S/C16H21N7/c1-11-10-13(20-19-11)17-14-12-6-4-9-23(12)21-15(18-14)22-8-5-7-16(22,2)3/h4,6,9-10H,5,7-8H2,1-3H3,(H2,17,18,19,20,21). The SMILES string of the molecule is Cc1cc(Nc2nc(N3CCCC3(C)C)nn3cccc23)n[nH]1. The molecular weight excluding hydrogens is 290 g/mol. The molecule has 23 heavy (non-hydrogen) atoms. The minimum absolute atomic E-state index is 0.0843. The van der Waals surface area contributed by atoms with Gasteiger partial charge in [-0.05, 0) is 45.7 Å². The average Bonchev–Trinajstić information content (AvgIpc) is 3.18. The number of hydrogen-bond donors (Lipinski definition) is 2. The molecule has 0 aliphatic carbocycles. The van der Waals surface area contributed by atoms with Crippen LogP contribution in [0.5, 0.6) is 0 Å².